The van der Waals surface area contributed by atoms with E-state index in [4.69, 9.17) is 0 Å². The van der Waals surface area contributed by atoms with Crippen LogP contribution in [0.15, 0.2) is 18.2 Å². The molecule has 18 heavy (non-hydrogen) atoms. The summed E-state index contributed by atoms with van der Waals surface area (Å²) < 4.78 is 27.1. The summed E-state index contributed by atoms with van der Waals surface area (Å²) in [6.45, 7) is 5.79. The van der Waals surface area contributed by atoms with Crippen LogP contribution in [0.5, 0.6) is 0 Å². The smallest absolute Gasteiger partial charge is 0.130 e. The lowest BCUT2D eigenvalue weighted by Gasteiger charge is -2.19. The van der Waals surface area contributed by atoms with Crippen molar-refractivity contribution in [2.24, 2.45) is 0 Å². The van der Waals surface area contributed by atoms with Gasteiger partial charge in [-0.25, -0.2) is 8.78 Å². The molecule has 0 aliphatic carbocycles. The second-order valence-corrected chi connectivity index (χ2v) is 4.86. The maximum atomic E-state index is 13.5. The van der Waals surface area contributed by atoms with Crippen molar-refractivity contribution in [2.45, 2.75) is 25.8 Å². The first-order chi connectivity index (χ1) is 8.68. The Bertz CT molecular complexity index is 369. The monoisotopic (exact) mass is 254 g/mol. The molecular formula is C14H20F2N2. The molecule has 1 saturated heterocycles. The molecule has 1 fully saturated rings. The first-order valence-corrected chi connectivity index (χ1v) is 6.58. The Morgan fingerprint density at radius 1 is 1.22 bits per heavy atom. The van der Waals surface area contributed by atoms with Gasteiger partial charge in [-0.2, -0.15) is 0 Å². The molecule has 1 aromatic carbocycles. The molecule has 2 nitrogen and oxygen atoms in total. The number of hydrogen-bond donors (Lipinski definition) is 1. The van der Waals surface area contributed by atoms with Crippen LogP contribution < -0.4 is 5.32 Å². The Labute approximate surface area is 107 Å². The number of nitrogens with zero attached hydrogens (tertiary/aromatic N) is 1. The van der Waals surface area contributed by atoms with Gasteiger partial charge in [0.2, 0.25) is 0 Å². The summed E-state index contributed by atoms with van der Waals surface area (Å²) in [5.74, 6) is -0.952. The average molecular weight is 254 g/mol. The van der Waals surface area contributed by atoms with Crippen LogP contribution >= 0.6 is 0 Å². The van der Waals surface area contributed by atoms with Gasteiger partial charge in [-0.05, 0) is 45.0 Å². The van der Waals surface area contributed by atoms with Crippen LogP contribution in [0.1, 0.15) is 31.4 Å². The molecule has 0 radical (unpaired) electrons. The van der Waals surface area contributed by atoms with Crippen LogP contribution in [-0.2, 0) is 0 Å². The van der Waals surface area contributed by atoms with Gasteiger partial charge in [0.15, 0.2) is 0 Å². The molecule has 0 amide bonds. The predicted octanol–water partition coefficient (Wildman–Crippen LogP) is 2.71. The Kier molecular flexibility index (Phi) is 4.66. The van der Waals surface area contributed by atoms with Crippen molar-refractivity contribution in [3.8, 4) is 0 Å². The van der Waals surface area contributed by atoms with Crippen LogP contribution in [0.4, 0.5) is 8.78 Å². The fourth-order valence-corrected chi connectivity index (χ4v) is 2.47. The molecule has 0 spiro atoms. The summed E-state index contributed by atoms with van der Waals surface area (Å²) in [6.07, 6.45) is 2.52. The quantitative estimate of drug-likeness (QED) is 0.869. The summed E-state index contributed by atoms with van der Waals surface area (Å²) in [5, 5.41) is 3.19. The third-order valence-electron chi connectivity index (χ3n) is 3.51. The van der Waals surface area contributed by atoms with E-state index >= 15 is 0 Å². The van der Waals surface area contributed by atoms with Crippen molar-refractivity contribution in [1.82, 2.24) is 10.2 Å². The minimum Gasteiger partial charge on any atom is -0.309 e. The molecule has 1 aromatic rings. The van der Waals surface area contributed by atoms with Gasteiger partial charge >= 0.3 is 0 Å². The van der Waals surface area contributed by atoms with Crippen molar-refractivity contribution in [3.63, 3.8) is 0 Å². The first kappa shape index (κ1) is 13.4. The molecule has 0 saturated carbocycles. The zero-order valence-electron chi connectivity index (χ0n) is 10.8. The molecular weight excluding hydrogens is 234 g/mol. The molecule has 2 rings (SSSR count). The van der Waals surface area contributed by atoms with E-state index in [1.165, 1.54) is 31.0 Å². The second kappa shape index (κ2) is 6.25. The largest absolute Gasteiger partial charge is 0.309 e. The summed E-state index contributed by atoms with van der Waals surface area (Å²) in [5.41, 5.74) is 0.138. The highest BCUT2D eigenvalue weighted by Crippen LogP contribution is 2.20. The van der Waals surface area contributed by atoms with Gasteiger partial charge in [-0.15, -0.1) is 0 Å². The van der Waals surface area contributed by atoms with Gasteiger partial charge < -0.3 is 10.2 Å². The minimum absolute atomic E-state index is 0.138. The maximum Gasteiger partial charge on any atom is 0.130 e. The van der Waals surface area contributed by atoms with Gasteiger partial charge in [0.1, 0.15) is 11.6 Å². The van der Waals surface area contributed by atoms with E-state index in [0.717, 1.165) is 26.2 Å². The molecule has 1 heterocycles. The minimum atomic E-state index is -0.476. The first-order valence-electron chi connectivity index (χ1n) is 6.58. The van der Waals surface area contributed by atoms with Crippen molar-refractivity contribution >= 4 is 0 Å². The van der Waals surface area contributed by atoms with Crippen molar-refractivity contribution in [1.29, 1.82) is 0 Å². The van der Waals surface area contributed by atoms with E-state index in [1.807, 2.05) is 0 Å². The Hall–Kier alpha value is -1.00. The highest BCUT2D eigenvalue weighted by atomic mass is 19.1. The molecule has 1 aliphatic heterocycles. The fraction of sp³-hybridized carbons (Fsp3) is 0.571. The van der Waals surface area contributed by atoms with E-state index in [1.54, 1.807) is 6.92 Å². The van der Waals surface area contributed by atoms with E-state index in [2.05, 4.69) is 10.2 Å². The lowest BCUT2D eigenvalue weighted by Crippen LogP contribution is -2.31. The van der Waals surface area contributed by atoms with Gasteiger partial charge in [0, 0.05) is 24.7 Å². The fourth-order valence-electron chi connectivity index (χ4n) is 2.47. The van der Waals surface area contributed by atoms with Crippen molar-refractivity contribution in [2.75, 3.05) is 26.2 Å². The van der Waals surface area contributed by atoms with Crippen LogP contribution in [0.25, 0.3) is 0 Å². The van der Waals surface area contributed by atoms with E-state index in [0.29, 0.717) is 0 Å². The summed E-state index contributed by atoms with van der Waals surface area (Å²) in [7, 11) is 0. The number of nitrogens with one attached hydrogen (secondary N) is 1. The molecule has 0 aromatic heterocycles. The molecule has 4 heteroatoms. The van der Waals surface area contributed by atoms with Gasteiger partial charge in [0.25, 0.3) is 0 Å². The molecule has 1 aliphatic rings. The predicted molar refractivity (Wildman–Crippen MR) is 68.4 cm³/mol. The zero-order chi connectivity index (χ0) is 13.0. The van der Waals surface area contributed by atoms with Crippen molar-refractivity contribution in [3.05, 3.63) is 35.4 Å². The van der Waals surface area contributed by atoms with E-state index < -0.39 is 11.6 Å². The van der Waals surface area contributed by atoms with Crippen molar-refractivity contribution < 1.29 is 8.78 Å². The topological polar surface area (TPSA) is 15.3 Å². The summed E-state index contributed by atoms with van der Waals surface area (Å²) >= 11 is 0. The van der Waals surface area contributed by atoms with Crippen LogP contribution in [0.2, 0.25) is 0 Å². The number of halogens is 2. The third kappa shape index (κ3) is 3.27. The molecule has 1 N–H and O–H groups in total. The highest BCUT2D eigenvalue weighted by molar-refractivity contribution is 5.22. The van der Waals surface area contributed by atoms with Gasteiger partial charge in [-0.1, -0.05) is 6.07 Å². The lowest BCUT2D eigenvalue weighted by molar-refractivity contribution is 0.328. The molecule has 1 atom stereocenters. The maximum absolute atomic E-state index is 13.5. The zero-order valence-corrected chi connectivity index (χ0v) is 10.8. The standard InChI is InChI=1S/C14H20F2N2/c1-11(14-12(15)5-4-6-13(14)16)17-7-10-18-8-2-3-9-18/h4-6,11,17H,2-3,7-10H2,1H3. The SMILES string of the molecule is CC(NCCN1CCCC1)c1c(F)cccc1F. The van der Waals surface area contributed by atoms with Crippen LogP contribution in [-0.4, -0.2) is 31.1 Å². The number of hydrogen-bond acceptors (Lipinski definition) is 2. The van der Waals surface area contributed by atoms with E-state index in [-0.39, 0.29) is 11.6 Å². The summed E-state index contributed by atoms with van der Waals surface area (Å²) in [6, 6.07) is 3.70. The number of benzene rings is 1. The Morgan fingerprint density at radius 3 is 2.44 bits per heavy atom. The van der Waals surface area contributed by atoms with E-state index in [9.17, 15) is 8.78 Å². The number of rotatable bonds is 5. The average Bonchev–Trinajstić information content (AvgIpc) is 2.82. The van der Waals surface area contributed by atoms with Crippen LogP contribution in [0, 0.1) is 11.6 Å². The number of likely N-dealkylation sites (tertiary alicyclic amines) is 1. The van der Waals surface area contributed by atoms with Gasteiger partial charge in [-0.3, -0.25) is 0 Å². The Balaban J connectivity index is 1.85. The summed E-state index contributed by atoms with van der Waals surface area (Å²) in [4.78, 5) is 2.37. The van der Waals surface area contributed by atoms with Gasteiger partial charge in [0.05, 0.1) is 0 Å². The molecule has 1 unspecified atom stereocenters. The molecule has 100 valence electrons. The molecule has 0 bridgehead atoms. The lowest BCUT2D eigenvalue weighted by atomic mass is 10.1. The van der Waals surface area contributed by atoms with Crippen LogP contribution in [0.3, 0.4) is 0 Å². The second-order valence-electron chi connectivity index (χ2n) is 4.86. The normalized spacial score (nSPS) is 18.2. The Morgan fingerprint density at radius 2 is 1.83 bits per heavy atom. The third-order valence-corrected chi connectivity index (χ3v) is 3.51. The highest BCUT2D eigenvalue weighted by Gasteiger charge is 2.16.